The molecule has 4 rings (SSSR count). The quantitative estimate of drug-likeness (QED) is 0.828. The van der Waals surface area contributed by atoms with Gasteiger partial charge in [0.1, 0.15) is 0 Å². The number of piperazine rings is 1. The number of para-hydroxylation sites is 1. The van der Waals surface area contributed by atoms with Crippen LogP contribution in [0.25, 0.3) is 0 Å². The molecule has 2 aliphatic rings. The standard InChI is InChI=1S/C19H25N5OS/c1-15-5-2-3-7-18(15)23-11-9-22(10-12-23)16-6-4-8-24(14-16)19(25)17-13-20-26-21-17/h2-3,5,7,13,16H,4,6,8-12,14H2,1H3/t16-/m1/s1. The number of hydrogen-bond acceptors (Lipinski definition) is 6. The van der Waals surface area contributed by atoms with Crippen LogP contribution in [0.5, 0.6) is 0 Å². The number of piperidine rings is 1. The van der Waals surface area contributed by atoms with Crippen LogP contribution in [0.1, 0.15) is 28.9 Å². The summed E-state index contributed by atoms with van der Waals surface area (Å²) in [6.07, 6.45) is 3.81. The molecule has 6 nitrogen and oxygen atoms in total. The fourth-order valence-electron chi connectivity index (χ4n) is 4.10. The van der Waals surface area contributed by atoms with Crippen molar-refractivity contribution in [2.75, 3.05) is 44.2 Å². The summed E-state index contributed by atoms with van der Waals surface area (Å²) in [4.78, 5) is 19.6. The summed E-state index contributed by atoms with van der Waals surface area (Å²) in [7, 11) is 0. The van der Waals surface area contributed by atoms with Crippen LogP contribution in [0.4, 0.5) is 5.69 Å². The van der Waals surface area contributed by atoms with Crippen molar-refractivity contribution >= 4 is 23.3 Å². The molecule has 7 heteroatoms. The van der Waals surface area contributed by atoms with Gasteiger partial charge in [-0.3, -0.25) is 9.69 Å². The van der Waals surface area contributed by atoms with Gasteiger partial charge in [0.15, 0.2) is 5.69 Å². The van der Waals surface area contributed by atoms with Crippen molar-refractivity contribution < 1.29 is 4.79 Å². The second-order valence-corrected chi connectivity index (χ2v) is 7.71. The number of nitrogens with zero attached hydrogens (tertiary/aromatic N) is 5. The van der Waals surface area contributed by atoms with Crippen LogP contribution in [0, 0.1) is 6.92 Å². The molecule has 0 spiro atoms. The van der Waals surface area contributed by atoms with E-state index in [1.165, 1.54) is 17.7 Å². The average Bonchev–Trinajstić information content (AvgIpc) is 3.23. The summed E-state index contributed by atoms with van der Waals surface area (Å²) >= 11 is 1.10. The molecule has 1 aromatic carbocycles. The van der Waals surface area contributed by atoms with Crippen molar-refractivity contribution in [1.82, 2.24) is 18.5 Å². The molecule has 138 valence electrons. The number of aryl methyl sites for hydroxylation is 1. The van der Waals surface area contributed by atoms with Gasteiger partial charge in [-0.05, 0) is 31.4 Å². The highest BCUT2D eigenvalue weighted by Crippen LogP contribution is 2.24. The third kappa shape index (κ3) is 3.59. The third-order valence-electron chi connectivity index (χ3n) is 5.55. The Morgan fingerprint density at radius 2 is 1.96 bits per heavy atom. The Hall–Kier alpha value is -1.99. The second-order valence-electron chi connectivity index (χ2n) is 7.15. The lowest BCUT2D eigenvalue weighted by Crippen LogP contribution is -2.56. The molecule has 2 fully saturated rings. The number of hydrogen-bond donors (Lipinski definition) is 0. The Labute approximate surface area is 158 Å². The molecule has 2 aliphatic heterocycles. The topological polar surface area (TPSA) is 52.6 Å². The lowest BCUT2D eigenvalue weighted by atomic mass is 10.0. The molecular weight excluding hydrogens is 346 g/mol. The maximum Gasteiger partial charge on any atom is 0.275 e. The van der Waals surface area contributed by atoms with Crippen LogP contribution in [0.3, 0.4) is 0 Å². The van der Waals surface area contributed by atoms with Crippen LogP contribution in [0.2, 0.25) is 0 Å². The summed E-state index contributed by atoms with van der Waals surface area (Å²) in [6.45, 7) is 8.02. The second kappa shape index (κ2) is 7.72. The molecule has 1 amide bonds. The first-order valence-corrected chi connectivity index (χ1v) is 10.1. The Morgan fingerprint density at radius 1 is 1.15 bits per heavy atom. The summed E-state index contributed by atoms with van der Waals surface area (Å²) < 4.78 is 8.06. The van der Waals surface area contributed by atoms with E-state index in [0.29, 0.717) is 11.7 Å². The first-order valence-electron chi connectivity index (χ1n) is 9.34. The van der Waals surface area contributed by atoms with E-state index in [1.807, 2.05) is 4.90 Å². The van der Waals surface area contributed by atoms with Crippen LogP contribution in [0.15, 0.2) is 30.5 Å². The van der Waals surface area contributed by atoms with Crippen molar-refractivity contribution in [2.45, 2.75) is 25.8 Å². The van der Waals surface area contributed by atoms with Gasteiger partial charge >= 0.3 is 0 Å². The number of likely N-dealkylation sites (tertiary alicyclic amines) is 1. The zero-order valence-electron chi connectivity index (χ0n) is 15.2. The Balaban J connectivity index is 1.35. The van der Waals surface area contributed by atoms with E-state index < -0.39 is 0 Å². The number of aromatic nitrogens is 2. The number of carbonyl (C=O) groups excluding carboxylic acids is 1. The number of amides is 1. The van der Waals surface area contributed by atoms with Crippen molar-refractivity contribution in [3.05, 3.63) is 41.7 Å². The van der Waals surface area contributed by atoms with Gasteiger partial charge in [-0.2, -0.15) is 8.75 Å². The predicted octanol–water partition coefficient (Wildman–Crippen LogP) is 2.27. The van der Waals surface area contributed by atoms with Crippen molar-refractivity contribution in [1.29, 1.82) is 0 Å². The molecule has 3 heterocycles. The van der Waals surface area contributed by atoms with Crippen LogP contribution >= 0.6 is 11.7 Å². The fourth-order valence-corrected chi connectivity index (χ4v) is 4.51. The molecule has 26 heavy (non-hydrogen) atoms. The zero-order valence-corrected chi connectivity index (χ0v) is 16.0. The Bertz CT molecular complexity index is 742. The molecule has 2 aromatic rings. The molecule has 1 atom stereocenters. The maximum absolute atomic E-state index is 12.6. The highest BCUT2D eigenvalue weighted by atomic mass is 32.1. The molecule has 0 radical (unpaired) electrons. The van der Waals surface area contributed by atoms with E-state index in [-0.39, 0.29) is 5.91 Å². The largest absolute Gasteiger partial charge is 0.369 e. The first kappa shape index (κ1) is 17.4. The van der Waals surface area contributed by atoms with Gasteiger partial charge in [0.25, 0.3) is 5.91 Å². The van der Waals surface area contributed by atoms with Gasteiger partial charge in [-0.25, -0.2) is 0 Å². The highest BCUT2D eigenvalue weighted by molar-refractivity contribution is 6.99. The van der Waals surface area contributed by atoms with E-state index in [4.69, 9.17) is 0 Å². The van der Waals surface area contributed by atoms with Crippen molar-refractivity contribution in [3.8, 4) is 0 Å². The van der Waals surface area contributed by atoms with Crippen molar-refractivity contribution in [3.63, 3.8) is 0 Å². The van der Waals surface area contributed by atoms with E-state index in [1.54, 1.807) is 6.20 Å². The van der Waals surface area contributed by atoms with Gasteiger partial charge in [0.05, 0.1) is 17.9 Å². The SMILES string of the molecule is Cc1ccccc1N1CCN([C@@H]2CCCN(C(=O)c3cnsn3)C2)CC1. The molecule has 2 saturated heterocycles. The Morgan fingerprint density at radius 3 is 2.69 bits per heavy atom. The fraction of sp³-hybridized carbons (Fsp3) is 0.526. The minimum absolute atomic E-state index is 0.0296. The van der Waals surface area contributed by atoms with Gasteiger partial charge in [-0.1, -0.05) is 18.2 Å². The third-order valence-corrected chi connectivity index (χ3v) is 6.03. The van der Waals surface area contributed by atoms with Gasteiger partial charge < -0.3 is 9.80 Å². The summed E-state index contributed by atoms with van der Waals surface area (Å²) in [5, 5.41) is 0. The average molecular weight is 372 g/mol. The summed E-state index contributed by atoms with van der Waals surface area (Å²) in [5.74, 6) is 0.0296. The van der Waals surface area contributed by atoms with Crippen LogP contribution in [-0.2, 0) is 0 Å². The van der Waals surface area contributed by atoms with E-state index in [2.05, 4.69) is 49.7 Å². The molecule has 0 aliphatic carbocycles. The zero-order chi connectivity index (χ0) is 17.9. The minimum atomic E-state index is 0.0296. The lowest BCUT2D eigenvalue weighted by molar-refractivity contribution is 0.0559. The predicted molar refractivity (Wildman–Crippen MR) is 104 cm³/mol. The maximum atomic E-state index is 12.6. The van der Waals surface area contributed by atoms with E-state index >= 15 is 0 Å². The number of rotatable bonds is 3. The van der Waals surface area contributed by atoms with Gasteiger partial charge in [-0.15, -0.1) is 0 Å². The van der Waals surface area contributed by atoms with Crippen LogP contribution in [-0.4, -0.2) is 69.8 Å². The first-order chi connectivity index (χ1) is 12.7. The minimum Gasteiger partial charge on any atom is -0.369 e. The summed E-state index contributed by atoms with van der Waals surface area (Å²) in [5.41, 5.74) is 3.18. The number of carbonyl (C=O) groups is 1. The van der Waals surface area contributed by atoms with Gasteiger partial charge in [0.2, 0.25) is 0 Å². The molecule has 0 N–H and O–H groups in total. The smallest absolute Gasteiger partial charge is 0.275 e. The normalized spacial score (nSPS) is 21.8. The Kier molecular flexibility index (Phi) is 5.17. The van der Waals surface area contributed by atoms with E-state index in [0.717, 1.165) is 57.4 Å². The van der Waals surface area contributed by atoms with Gasteiger partial charge in [0, 0.05) is 51.0 Å². The highest BCUT2D eigenvalue weighted by Gasteiger charge is 2.31. The molecule has 0 unspecified atom stereocenters. The molecule has 0 bridgehead atoms. The van der Waals surface area contributed by atoms with Crippen molar-refractivity contribution in [2.24, 2.45) is 0 Å². The van der Waals surface area contributed by atoms with Crippen LogP contribution < -0.4 is 4.90 Å². The molecular formula is C19H25N5OS. The monoisotopic (exact) mass is 371 g/mol. The molecule has 0 saturated carbocycles. The number of benzene rings is 1. The van der Waals surface area contributed by atoms with E-state index in [9.17, 15) is 4.79 Å². The summed E-state index contributed by atoms with van der Waals surface area (Å²) in [6, 6.07) is 9.07. The number of anilines is 1. The molecule has 1 aromatic heterocycles. The lowest BCUT2D eigenvalue weighted by Gasteiger charge is -2.44.